The quantitative estimate of drug-likeness (QED) is 0.417. The Hall–Kier alpha value is -3.53. The molecule has 0 bridgehead atoms. The standard InChI is InChI=1S/C26H25N3O/c1-3-23(30)15-19-9-11-21(12-10-19)22-13-14-25-24(16-22)26(28-17-27-25)29-18(2)20-7-5-4-6-8-20/h4-14,16-18H,3,15H2,1-2H3,(H,27,28,29). The van der Waals surface area contributed by atoms with E-state index in [2.05, 4.69) is 58.6 Å². The van der Waals surface area contributed by atoms with Crippen molar-refractivity contribution >= 4 is 22.5 Å². The number of hydrogen-bond donors (Lipinski definition) is 1. The summed E-state index contributed by atoms with van der Waals surface area (Å²) >= 11 is 0. The molecule has 0 radical (unpaired) electrons. The van der Waals surface area contributed by atoms with Crippen LogP contribution < -0.4 is 5.32 Å². The maximum Gasteiger partial charge on any atom is 0.137 e. The first-order valence-electron chi connectivity index (χ1n) is 10.3. The summed E-state index contributed by atoms with van der Waals surface area (Å²) in [5.74, 6) is 1.08. The minimum absolute atomic E-state index is 0.128. The van der Waals surface area contributed by atoms with Gasteiger partial charge in [-0.15, -0.1) is 0 Å². The number of carbonyl (C=O) groups is 1. The number of fused-ring (bicyclic) bond motifs is 1. The van der Waals surface area contributed by atoms with Gasteiger partial charge in [0, 0.05) is 24.3 Å². The molecule has 0 saturated carbocycles. The van der Waals surface area contributed by atoms with Crippen LogP contribution in [0.5, 0.6) is 0 Å². The molecule has 4 aromatic rings. The Bertz CT molecular complexity index is 1150. The first-order valence-corrected chi connectivity index (χ1v) is 10.3. The number of anilines is 1. The maximum atomic E-state index is 11.7. The zero-order valence-electron chi connectivity index (χ0n) is 17.3. The topological polar surface area (TPSA) is 54.9 Å². The van der Waals surface area contributed by atoms with E-state index in [4.69, 9.17) is 0 Å². The van der Waals surface area contributed by atoms with E-state index in [1.165, 1.54) is 5.56 Å². The lowest BCUT2D eigenvalue weighted by Gasteiger charge is -2.16. The Morgan fingerprint density at radius 3 is 2.40 bits per heavy atom. The minimum atomic E-state index is 0.128. The van der Waals surface area contributed by atoms with E-state index in [1.54, 1.807) is 6.33 Å². The SMILES string of the molecule is CCC(=O)Cc1ccc(-c2ccc3ncnc(NC(C)c4ccccc4)c3c2)cc1. The maximum absolute atomic E-state index is 11.7. The van der Waals surface area contributed by atoms with Gasteiger partial charge in [0.25, 0.3) is 0 Å². The summed E-state index contributed by atoms with van der Waals surface area (Å²) in [5.41, 5.74) is 5.37. The number of aromatic nitrogens is 2. The van der Waals surface area contributed by atoms with E-state index < -0.39 is 0 Å². The van der Waals surface area contributed by atoms with Crippen LogP contribution in [0.4, 0.5) is 5.82 Å². The van der Waals surface area contributed by atoms with Crippen molar-refractivity contribution in [2.24, 2.45) is 0 Å². The Morgan fingerprint density at radius 1 is 0.933 bits per heavy atom. The Morgan fingerprint density at radius 2 is 1.67 bits per heavy atom. The summed E-state index contributed by atoms with van der Waals surface area (Å²) in [7, 11) is 0. The highest BCUT2D eigenvalue weighted by Gasteiger charge is 2.11. The highest BCUT2D eigenvalue weighted by Crippen LogP contribution is 2.29. The van der Waals surface area contributed by atoms with Gasteiger partial charge in [-0.2, -0.15) is 0 Å². The summed E-state index contributed by atoms with van der Waals surface area (Å²) in [6.07, 6.45) is 2.67. The predicted octanol–water partition coefficient (Wildman–Crippen LogP) is 5.99. The van der Waals surface area contributed by atoms with E-state index in [-0.39, 0.29) is 11.8 Å². The fraction of sp³-hybridized carbons (Fsp3) is 0.192. The van der Waals surface area contributed by atoms with Crippen molar-refractivity contribution in [3.8, 4) is 11.1 Å². The molecule has 30 heavy (non-hydrogen) atoms. The third-order valence-electron chi connectivity index (χ3n) is 5.37. The predicted molar refractivity (Wildman–Crippen MR) is 122 cm³/mol. The molecule has 4 nitrogen and oxygen atoms in total. The third-order valence-corrected chi connectivity index (χ3v) is 5.37. The van der Waals surface area contributed by atoms with Crippen molar-refractivity contribution in [3.05, 3.63) is 90.3 Å². The highest BCUT2D eigenvalue weighted by atomic mass is 16.1. The van der Waals surface area contributed by atoms with Gasteiger partial charge in [0.2, 0.25) is 0 Å². The highest BCUT2D eigenvalue weighted by molar-refractivity contribution is 5.92. The average molecular weight is 396 g/mol. The van der Waals surface area contributed by atoms with Crippen LogP contribution in [0.3, 0.4) is 0 Å². The van der Waals surface area contributed by atoms with Crippen LogP contribution in [0, 0.1) is 0 Å². The molecule has 4 rings (SSSR count). The van der Waals surface area contributed by atoms with Gasteiger partial charge in [-0.05, 0) is 41.3 Å². The first kappa shape index (κ1) is 19.8. The number of nitrogens with zero attached hydrogens (tertiary/aromatic N) is 2. The van der Waals surface area contributed by atoms with Crippen LogP contribution in [-0.4, -0.2) is 15.8 Å². The first-order chi connectivity index (χ1) is 14.6. The van der Waals surface area contributed by atoms with E-state index in [0.29, 0.717) is 12.8 Å². The van der Waals surface area contributed by atoms with E-state index in [0.717, 1.165) is 33.4 Å². The number of Topliss-reactive ketones (excluding diaryl/α,β-unsaturated/α-hetero) is 1. The smallest absolute Gasteiger partial charge is 0.137 e. The van der Waals surface area contributed by atoms with E-state index >= 15 is 0 Å². The summed E-state index contributed by atoms with van der Waals surface area (Å²) in [5, 5.41) is 4.52. The van der Waals surface area contributed by atoms with Crippen molar-refractivity contribution in [1.29, 1.82) is 0 Å². The molecule has 1 heterocycles. The molecular formula is C26H25N3O. The van der Waals surface area contributed by atoms with Gasteiger partial charge in [0.15, 0.2) is 0 Å². The molecule has 150 valence electrons. The summed E-state index contributed by atoms with van der Waals surface area (Å²) < 4.78 is 0. The second-order valence-electron chi connectivity index (χ2n) is 7.50. The fourth-order valence-corrected chi connectivity index (χ4v) is 3.55. The Labute approximate surface area is 177 Å². The van der Waals surface area contributed by atoms with Gasteiger partial charge < -0.3 is 5.32 Å². The minimum Gasteiger partial charge on any atom is -0.363 e. The zero-order chi connectivity index (χ0) is 20.9. The van der Waals surface area contributed by atoms with Gasteiger partial charge in [-0.1, -0.05) is 67.6 Å². The van der Waals surface area contributed by atoms with Crippen LogP contribution in [0.2, 0.25) is 0 Å². The Kier molecular flexibility index (Phi) is 5.84. The molecule has 1 atom stereocenters. The summed E-state index contributed by atoms with van der Waals surface area (Å²) in [6, 6.07) is 24.9. The second kappa shape index (κ2) is 8.87. The van der Waals surface area contributed by atoms with Crippen LogP contribution in [0.15, 0.2) is 79.1 Å². The van der Waals surface area contributed by atoms with Crippen LogP contribution in [0.1, 0.15) is 37.4 Å². The van der Waals surface area contributed by atoms with E-state index in [1.807, 2.05) is 43.3 Å². The molecule has 1 aromatic heterocycles. The lowest BCUT2D eigenvalue weighted by atomic mass is 10.00. The van der Waals surface area contributed by atoms with Gasteiger partial charge >= 0.3 is 0 Å². The van der Waals surface area contributed by atoms with Crippen molar-refractivity contribution in [3.63, 3.8) is 0 Å². The molecule has 0 amide bonds. The van der Waals surface area contributed by atoms with Crippen molar-refractivity contribution in [2.75, 3.05) is 5.32 Å². The molecular weight excluding hydrogens is 370 g/mol. The normalized spacial score (nSPS) is 11.9. The van der Waals surface area contributed by atoms with Gasteiger partial charge in [-0.25, -0.2) is 9.97 Å². The molecule has 0 spiro atoms. The molecule has 0 saturated heterocycles. The number of benzene rings is 3. The number of nitrogens with one attached hydrogen (secondary N) is 1. The van der Waals surface area contributed by atoms with Gasteiger partial charge in [0.05, 0.1) is 5.52 Å². The number of hydrogen-bond acceptors (Lipinski definition) is 4. The van der Waals surface area contributed by atoms with Crippen LogP contribution >= 0.6 is 0 Å². The average Bonchev–Trinajstić information content (AvgIpc) is 2.80. The fourth-order valence-electron chi connectivity index (χ4n) is 3.55. The molecule has 0 aliphatic heterocycles. The molecule has 1 unspecified atom stereocenters. The molecule has 0 aliphatic rings. The molecule has 0 fully saturated rings. The third kappa shape index (κ3) is 4.38. The second-order valence-corrected chi connectivity index (χ2v) is 7.50. The molecule has 0 aliphatic carbocycles. The number of rotatable bonds is 7. The summed E-state index contributed by atoms with van der Waals surface area (Å²) in [6.45, 7) is 4.03. The monoisotopic (exact) mass is 395 g/mol. The van der Waals surface area contributed by atoms with Crippen LogP contribution in [0.25, 0.3) is 22.0 Å². The molecule has 3 aromatic carbocycles. The largest absolute Gasteiger partial charge is 0.363 e. The Balaban J connectivity index is 1.63. The number of carbonyl (C=O) groups excluding carboxylic acids is 1. The molecule has 1 N–H and O–H groups in total. The van der Waals surface area contributed by atoms with E-state index in [9.17, 15) is 4.79 Å². The zero-order valence-corrected chi connectivity index (χ0v) is 17.3. The summed E-state index contributed by atoms with van der Waals surface area (Å²) in [4.78, 5) is 20.6. The lowest BCUT2D eigenvalue weighted by molar-refractivity contribution is -0.118. The molecule has 4 heteroatoms. The number of ketones is 1. The van der Waals surface area contributed by atoms with Crippen molar-refractivity contribution < 1.29 is 4.79 Å². The van der Waals surface area contributed by atoms with Gasteiger partial charge in [0.1, 0.15) is 17.9 Å². The van der Waals surface area contributed by atoms with Crippen LogP contribution in [-0.2, 0) is 11.2 Å². The lowest BCUT2D eigenvalue weighted by Crippen LogP contribution is -2.08. The van der Waals surface area contributed by atoms with Gasteiger partial charge in [-0.3, -0.25) is 4.79 Å². The van der Waals surface area contributed by atoms with Crippen molar-refractivity contribution in [1.82, 2.24) is 9.97 Å². The van der Waals surface area contributed by atoms with Crippen molar-refractivity contribution in [2.45, 2.75) is 32.7 Å².